The summed E-state index contributed by atoms with van der Waals surface area (Å²) in [6, 6.07) is 25.9. The molecule has 0 aliphatic carbocycles. The van der Waals surface area contributed by atoms with Gasteiger partial charge in [0, 0.05) is 30.1 Å². The van der Waals surface area contributed by atoms with Crippen LogP contribution in [0.25, 0.3) is 22.4 Å². The molecule has 5 rings (SSSR count). The van der Waals surface area contributed by atoms with Crippen LogP contribution in [-0.2, 0) is 11.3 Å². The molecule has 1 aliphatic heterocycles. The highest BCUT2D eigenvalue weighted by Gasteiger charge is 2.30. The molecule has 1 saturated heterocycles. The van der Waals surface area contributed by atoms with Crippen molar-refractivity contribution in [2.75, 3.05) is 11.9 Å². The second-order valence-electron chi connectivity index (χ2n) is 10.7. The Bertz CT molecular complexity index is 1400. The molecule has 216 valence electrons. The van der Waals surface area contributed by atoms with Gasteiger partial charge in [-0.3, -0.25) is 4.79 Å². The smallest absolute Gasteiger partial charge is 0.258 e. The summed E-state index contributed by atoms with van der Waals surface area (Å²) in [5.74, 6) is -0.312. The van der Waals surface area contributed by atoms with Crippen molar-refractivity contribution in [3.05, 3.63) is 102 Å². The summed E-state index contributed by atoms with van der Waals surface area (Å²) < 4.78 is 21.3. The van der Waals surface area contributed by atoms with Crippen LogP contribution in [0, 0.1) is 5.82 Å². The summed E-state index contributed by atoms with van der Waals surface area (Å²) in [5, 5.41) is 12.2. The molecule has 1 aliphatic rings. The Morgan fingerprint density at radius 1 is 0.976 bits per heavy atom. The summed E-state index contributed by atoms with van der Waals surface area (Å²) >= 11 is 0. The summed E-state index contributed by atoms with van der Waals surface area (Å²) in [6.07, 6.45) is 2.88. The van der Waals surface area contributed by atoms with Crippen molar-refractivity contribution in [2.45, 2.75) is 71.6 Å². The normalized spacial score (nSPS) is 16.7. The van der Waals surface area contributed by atoms with Gasteiger partial charge in [0.25, 0.3) is 5.91 Å². The van der Waals surface area contributed by atoms with E-state index in [1.165, 1.54) is 12.1 Å². The third kappa shape index (κ3) is 7.32. The molecule has 1 unspecified atom stereocenters. The van der Waals surface area contributed by atoms with Gasteiger partial charge < -0.3 is 19.7 Å². The van der Waals surface area contributed by atoms with Crippen molar-refractivity contribution in [1.29, 1.82) is 0 Å². The predicted octanol–water partition coefficient (Wildman–Crippen LogP) is 8.29. The molecule has 4 aromatic rings. The summed E-state index contributed by atoms with van der Waals surface area (Å²) in [5.41, 5.74) is 6.03. The molecule has 1 amide bonds. The highest BCUT2D eigenvalue weighted by atomic mass is 19.1. The first-order valence-electron chi connectivity index (χ1n) is 14.6. The van der Waals surface area contributed by atoms with Gasteiger partial charge in [-0.1, -0.05) is 69.3 Å². The number of nitrogens with zero attached hydrogens (tertiary/aromatic N) is 1. The van der Waals surface area contributed by atoms with Gasteiger partial charge in [0.15, 0.2) is 0 Å². The molecule has 5 nitrogen and oxygen atoms in total. The van der Waals surface area contributed by atoms with Gasteiger partial charge in [-0.15, -0.1) is 0 Å². The van der Waals surface area contributed by atoms with Crippen molar-refractivity contribution < 1.29 is 19.0 Å². The maximum atomic E-state index is 13.7. The van der Waals surface area contributed by atoms with E-state index in [1.807, 2.05) is 60.7 Å². The number of para-hydroxylation sites is 1. The molecule has 41 heavy (non-hydrogen) atoms. The Hall–Kier alpha value is -3.74. The second kappa shape index (κ2) is 14.2. The molecule has 1 fully saturated rings. The first kappa shape index (κ1) is 30.2. The third-order valence-corrected chi connectivity index (χ3v) is 7.40. The van der Waals surface area contributed by atoms with E-state index in [9.17, 15) is 9.18 Å². The van der Waals surface area contributed by atoms with Crippen molar-refractivity contribution in [3.63, 3.8) is 0 Å². The molecule has 0 radical (unpaired) electrons. The van der Waals surface area contributed by atoms with Crippen molar-refractivity contribution in [1.82, 2.24) is 4.57 Å². The molecule has 2 heterocycles. The van der Waals surface area contributed by atoms with Gasteiger partial charge >= 0.3 is 0 Å². The first-order valence-corrected chi connectivity index (χ1v) is 14.6. The number of aromatic nitrogens is 1. The molecule has 6 heteroatoms. The van der Waals surface area contributed by atoms with E-state index < -0.39 is 0 Å². The first-order chi connectivity index (χ1) is 19.8. The minimum absolute atomic E-state index is 0.108. The van der Waals surface area contributed by atoms with Crippen LogP contribution in [-0.4, -0.2) is 34.4 Å². The van der Waals surface area contributed by atoms with Crippen LogP contribution in [0.5, 0.6) is 0 Å². The Labute approximate surface area is 243 Å². The highest BCUT2D eigenvalue weighted by molar-refractivity contribution is 6.12. The number of benzene rings is 3. The SMILES string of the molecule is CCC1C[C@H](O)CCO1.CCn1c(-c2ccc(F)cc2)c(-c2ccccc2)c(C(=O)Nc2ccccc2)c1C(C)C. The molecule has 0 saturated carbocycles. The number of halogens is 1. The second-order valence-corrected chi connectivity index (χ2v) is 10.7. The fourth-order valence-corrected chi connectivity index (χ4v) is 5.45. The van der Waals surface area contributed by atoms with Gasteiger partial charge in [-0.05, 0) is 79.6 Å². The maximum Gasteiger partial charge on any atom is 0.258 e. The Balaban J connectivity index is 0.000000367. The van der Waals surface area contributed by atoms with E-state index in [2.05, 4.69) is 37.6 Å². The minimum atomic E-state index is -0.282. The standard InChI is InChI=1S/C28H27FN2O.C7H14O2/c1-4-31-26(19(2)3)25(28(32)30-23-13-9-6-10-14-23)24(20-11-7-5-8-12-20)27(31)21-15-17-22(29)18-16-21;1-2-7-5-6(8)3-4-9-7/h5-19H,4H2,1-3H3,(H,30,32);6-8H,2-5H2,1H3/t;6-,7?/m.1/s1. The summed E-state index contributed by atoms with van der Waals surface area (Å²) in [4.78, 5) is 13.7. The van der Waals surface area contributed by atoms with E-state index in [-0.39, 0.29) is 23.7 Å². The number of hydrogen-bond acceptors (Lipinski definition) is 3. The van der Waals surface area contributed by atoms with E-state index in [0.717, 1.165) is 59.6 Å². The van der Waals surface area contributed by atoms with Crippen LogP contribution in [0.3, 0.4) is 0 Å². The Morgan fingerprint density at radius 2 is 1.61 bits per heavy atom. The average Bonchev–Trinajstić information content (AvgIpc) is 3.35. The quantitative estimate of drug-likeness (QED) is 0.241. The monoisotopic (exact) mass is 556 g/mol. The summed E-state index contributed by atoms with van der Waals surface area (Å²) in [6.45, 7) is 9.79. The van der Waals surface area contributed by atoms with Crippen molar-refractivity contribution in [2.24, 2.45) is 0 Å². The number of amides is 1. The number of ether oxygens (including phenoxy) is 1. The Morgan fingerprint density at radius 3 is 2.15 bits per heavy atom. The lowest BCUT2D eigenvalue weighted by molar-refractivity contribution is -0.0441. The predicted molar refractivity (Wildman–Crippen MR) is 165 cm³/mol. The van der Waals surface area contributed by atoms with Crippen LogP contribution in [0.1, 0.15) is 68.9 Å². The number of rotatable bonds is 7. The van der Waals surface area contributed by atoms with Crippen LogP contribution in [0.4, 0.5) is 10.1 Å². The maximum absolute atomic E-state index is 13.7. The molecule has 2 N–H and O–H groups in total. The molecule has 2 atom stereocenters. The Kier molecular flexibility index (Phi) is 10.5. The zero-order valence-electron chi connectivity index (χ0n) is 24.4. The number of anilines is 1. The van der Waals surface area contributed by atoms with Gasteiger partial charge in [-0.2, -0.15) is 0 Å². The zero-order valence-corrected chi connectivity index (χ0v) is 24.4. The van der Waals surface area contributed by atoms with Gasteiger partial charge in [0.05, 0.1) is 23.5 Å². The number of carbonyl (C=O) groups excluding carboxylic acids is 1. The average molecular weight is 557 g/mol. The van der Waals surface area contributed by atoms with Crippen molar-refractivity contribution >= 4 is 11.6 Å². The van der Waals surface area contributed by atoms with Crippen LogP contribution in [0.2, 0.25) is 0 Å². The molecule has 3 aromatic carbocycles. The topological polar surface area (TPSA) is 63.5 Å². The largest absolute Gasteiger partial charge is 0.393 e. The van der Waals surface area contributed by atoms with Gasteiger partial charge in [0.1, 0.15) is 5.82 Å². The lowest BCUT2D eigenvalue weighted by Gasteiger charge is -2.25. The minimum Gasteiger partial charge on any atom is -0.393 e. The van der Waals surface area contributed by atoms with E-state index in [1.54, 1.807) is 12.1 Å². The molecule has 0 bridgehead atoms. The van der Waals surface area contributed by atoms with Gasteiger partial charge in [-0.25, -0.2) is 4.39 Å². The molecular weight excluding hydrogens is 515 g/mol. The number of aliphatic hydroxyl groups excluding tert-OH is 1. The van der Waals surface area contributed by atoms with Crippen molar-refractivity contribution in [3.8, 4) is 22.4 Å². The van der Waals surface area contributed by atoms with E-state index in [4.69, 9.17) is 9.84 Å². The lowest BCUT2D eigenvalue weighted by atomic mass is 9.94. The third-order valence-electron chi connectivity index (χ3n) is 7.40. The van der Waals surface area contributed by atoms with E-state index in [0.29, 0.717) is 18.2 Å². The molecular formula is C35H41FN2O3. The molecule has 1 aromatic heterocycles. The number of hydrogen-bond donors (Lipinski definition) is 2. The van der Waals surface area contributed by atoms with Crippen LogP contribution in [0.15, 0.2) is 84.9 Å². The van der Waals surface area contributed by atoms with E-state index >= 15 is 0 Å². The van der Waals surface area contributed by atoms with Gasteiger partial charge in [0.2, 0.25) is 0 Å². The molecule has 0 spiro atoms. The summed E-state index contributed by atoms with van der Waals surface area (Å²) in [7, 11) is 0. The van der Waals surface area contributed by atoms with Crippen LogP contribution >= 0.6 is 0 Å². The van der Waals surface area contributed by atoms with Crippen LogP contribution < -0.4 is 5.32 Å². The number of carbonyl (C=O) groups is 1. The fraction of sp³-hybridized carbons (Fsp3) is 0.343. The lowest BCUT2D eigenvalue weighted by Crippen LogP contribution is -2.28. The number of aliphatic hydroxyl groups is 1. The zero-order chi connectivity index (χ0) is 29.4. The number of nitrogens with one attached hydrogen (secondary N) is 1. The highest BCUT2D eigenvalue weighted by Crippen LogP contribution is 2.42. The fourth-order valence-electron chi connectivity index (χ4n) is 5.45.